The van der Waals surface area contributed by atoms with Gasteiger partial charge in [-0.1, -0.05) is 6.07 Å². The molecule has 2 aliphatic heterocycles. The molecule has 19 heteroatoms. The third-order valence-electron chi connectivity index (χ3n) is 10.1. The lowest BCUT2D eigenvalue weighted by atomic mass is 9.72. The van der Waals surface area contributed by atoms with E-state index in [0.717, 1.165) is 11.1 Å². The molecule has 11 nitrogen and oxygen atoms in total. The van der Waals surface area contributed by atoms with E-state index < -0.39 is 87.4 Å². The van der Waals surface area contributed by atoms with Crippen LogP contribution in [-0.4, -0.2) is 93.3 Å². The van der Waals surface area contributed by atoms with Gasteiger partial charge in [-0.15, -0.1) is 0 Å². The predicted molar refractivity (Wildman–Crippen MR) is 174 cm³/mol. The minimum atomic E-state index is -4.99. The highest BCUT2D eigenvalue weighted by atomic mass is 19.4. The summed E-state index contributed by atoms with van der Waals surface area (Å²) in [5.74, 6) is -6.17. The number of anilines is 1. The van der Waals surface area contributed by atoms with E-state index in [2.05, 4.69) is 15.3 Å². The van der Waals surface area contributed by atoms with Crippen LogP contribution >= 0.6 is 0 Å². The van der Waals surface area contributed by atoms with Crippen LogP contribution in [0.15, 0.2) is 54.1 Å². The summed E-state index contributed by atoms with van der Waals surface area (Å²) in [6, 6.07) is 4.58. The van der Waals surface area contributed by atoms with E-state index in [1.54, 1.807) is 7.11 Å². The predicted octanol–water partition coefficient (Wildman–Crippen LogP) is 6.12. The number of rotatable bonds is 10. The van der Waals surface area contributed by atoms with Crippen molar-refractivity contribution in [3.05, 3.63) is 82.5 Å². The minimum Gasteiger partial charge on any atom is -0.509 e. The molecule has 0 unspecified atom stereocenters. The molecule has 2 amide bonds. The third kappa shape index (κ3) is 7.18. The molecule has 0 bridgehead atoms. The van der Waals surface area contributed by atoms with Gasteiger partial charge in [0.15, 0.2) is 11.6 Å². The van der Waals surface area contributed by atoms with Gasteiger partial charge in [0, 0.05) is 44.9 Å². The topological polar surface area (TPSA) is 120 Å². The number of carbonyl (C=O) groups excluding carboxylic acids is 2. The Kier molecular flexibility index (Phi) is 10.1. The number of alkyl halides is 6. The Morgan fingerprint density at radius 1 is 1.00 bits per heavy atom. The molecule has 3 aromatic rings. The number of likely N-dealkylation sites (N-methyl/N-ethyl adjacent to an activating group) is 1. The Labute approximate surface area is 303 Å². The van der Waals surface area contributed by atoms with Crippen LogP contribution in [0.1, 0.15) is 43.0 Å². The van der Waals surface area contributed by atoms with Crippen molar-refractivity contribution in [2.24, 2.45) is 0 Å². The van der Waals surface area contributed by atoms with Crippen molar-refractivity contribution in [3.8, 4) is 17.0 Å². The van der Waals surface area contributed by atoms with Gasteiger partial charge in [-0.3, -0.25) is 19.5 Å². The first-order chi connectivity index (χ1) is 25.3. The quantitative estimate of drug-likeness (QED) is 0.186. The summed E-state index contributed by atoms with van der Waals surface area (Å²) >= 11 is 0. The molecule has 2 fully saturated rings. The molecular weight excluding hydrogens is 736 g/mol. The van der Waals surface area contributed by atoms with Gasteiger partial charge in [-0.2, -0.15) is 30.7 Å². The zero-order chi connectivity index (χ0) is 39.4. The number of aliphatic hydroxyl groups excluding tert-OH is 1. The zero-order valence-electron chi connectivity index (χ0n) is 29.0. The largest absolute Gasteiger partial charge is 0.509 e. The summed E-state index contributed by atoms with van der Waals surface area (Å²) in [5, 5.41) is 15.9. The smallest absolute Gasteiger partial charge is 0.433 e. The van der Waals surface area contributed by atoms with E-state index in [9.17, 15) is 41.0 Å². The van der Waals surface area contributed by atoms with Crippen LogP contribution in [0.5, 0.6) is 5.75 Å². The number of methoxy groups -OCH3 is 1. The van der Waals surface area contributed by atoms with Crippen LogP contribution in [0.25, 0.3) is 11.3 Å². The van der Waals surface area contributed by atoms with Crippen molar-refractivity contribution in [2.75, 3.05) is 45.7 Å². The van der Waals surface area contributed by atoms with Crippen molar-refractivity contribution in [1.29, 1.82) is 0 Å². The molecule has 2 N–H and O–H groups in total. The van der Waals surface area contributed by atoms with E-state index in [0.29, 0.717) is 50.6 Å². The van der Waals surface area contributed by atoms with Gasteiger partial charge in [0.1, 0.15) is 30.0 Å². The van der Waals surface area contributed by atoms with Gasteiger partial charge in [0.2, 0.25) is 5.82 Å². The molecule has 3 aliphatic rings. The number of nitrogens with one attached hydrogen (secondary N) is 1. The van der Waals surface area contributed by atoms with Gasteiger partial charge in [-0.05, 0) is 56.5 Å². The Bertz CT molecular complexity index is 2000. The first-order valence-corrected chi connectivity index (χ1v) is 16.6. The highest BCUT2D eigenvalue weighted by Gasteiger charge is 2.55. The van der Waals surface area contributed by atoms with Crippen molar-refractivity contribution >= 4 is 17.5 Å². The molecule has 2 aromatic carbocycles. The Hall–Kier alpha value is -4.88. The van der Waals surface area contributed by atoms with Crippen molar-refractivity contribution in [3.63, 3.8) is 0 Å². The molecule has 0 atom stereocenters. The summed E-state index contributed by atoms with van der Waals surface area (Å²) in [7, 11) is 3.02. The number of halogens is 8. The number of hydrazine groups is 1. The van der Waals surface area contributed by atoms with Gasteiger partial charge in [-0.25, -0.2) is 19.4 Å². The maximum absolute atomic E-state index is 15.5. The fraction of sp³-hybridized carbons (Fsp3) is 0.429. The normalized spacial score (nSPS) is 18.8. The van der Waals surface area contributed by atoms with Crippen molar-refractivity contribution < 1.29 is 59.3 Å². The summed E-state index contributed by atoms with van der Waals surface area (Å²) in [6.07, 6.45) is -8.44. The Morgan fingerprint density at radius 3 is 2.31 bits per heavy atom. The van der Waals surface area contributed by atoms with Crippen molar-refractivity contribution in [2.45, 2.75) is 56.2 Å². The number of ether oxygens (including phenoxy) is 2. The van der Waals surface area contributed by atoms with Gasteiger partial charge < -0.3 is 19.9 Å². The molecule has 0 radical (unpaired) electrons. The zero-order valence-corrected chi connectivity index (χ0v) is 29.0. The number of aromatic nitrogens is 2. The maximum atomic E-state index is 15.5. The van der Waals surface area contributed by atoms with Gasteiger partial charge >= 0.3 is 12.4 Å². The molecule has 54 heavy (non-hydrogen) atoms. The van der Waals surface area contributed by atoms with Crippen molar-refractivity contribution in [1.82, 2.24) is 24.9 Å². The summed E-state index contributed by atoms with van der Waals surface area (Å²) < 4.78 is 123. The molecule has 1 saturated heterocycles. The summed E-state index contributed by atoms with van der Waals surface area (Å²) in [5.41, 5.74) is -7.23. The molecule has 6 rings (SSSR count). The highest BCUT2D eigenvalue weighted by Crippen LogP contribution is 2.47. The fourth-order valence-corrected chi connectivity index (χ4v) is 6.76. The van der Waals surface area contributed by atoms with Crippen LogP contribution in [0, 0.1) is 11.6 Å². The molecule has 3 heterocycles. The second kappa shape index (κ2) is 14.1. The maximum Gasteiger partial charge on any atom is 0.433 e. The van der Waals surface area contributed by atoms with Crippen LogP contribution < -0.4 is 10.1 Å². The SMILES string of the molecule is COC1(C)CN(CCOc2ccc(CN3C(=O)C(C(=O)Nc4ccc(C(F)(F)F)cc4-c4cc(C(F)(F)F)ncn4)=C(O)C4(CCC4)N3C)c(F)c2F)C1. The molecule has 1 aliphatic carbocycles. The first kappa shape index (κ1) is 38.8. The molecule has 1 aromatic heterocycles. The van der Waals surface area contributed by atoms with Crippen LogP contribution in [-0.2, 0) is 33.2 Å². The average Bonchev–Trinajstić information content (AvgIpc) is 3.07. The number of carbonyl (C=O) groups is 2. The monoisotopic (exact) mass is 770 g/mol. The molecule has 1 spiro atoms. The second-order valence-corrected chi connectivity index (χ2v) is 13.6. The molecule has 290 valence electrons. The Morgan fingerprint density at radius 2 is 1.70 bits per heavy atom. The number of hydrogen-bond acceptors (Lipinski definition) is 9. The standard InChI is InChI=1S/C35H34F8N6O5/c1-32(53-3)16-48(17-32)11-12-54-24-8-5-19(27(36)28(24)37)15-49-31(52)26(29(50)33(47(49)2)9-4-10-33)30(51)46-22-7-6-20(34(38,39)40)13-21(22)23-14-25(35(41,42)43)45-18-44-23/h5-8,13-14,18,50H,4,9-12,15-17H2,1-3H3,(H,46,51). The average molecular weight is 771 g/mol. The lowest BCUT2D eigenvalue weighted by molar-refractivity contribution is -0.172. The van der Waals surface area contributed by atoms with Crippen LogP contribution in [0.4, 0.5) is 40.8 Å². The number of hydrogen-bond donors (Lipinski definition) is 2. The first-order valence-electron chi connectivity index (χ1n) is 16.6. The van der Waals surface area contributed by atoms with Crippen LogP contribution in [0.3, 0.4) is 0 Å². The van der Waals surface area contributed by atoms with Crippen LogP contribution in [0.2, 0.25) is 0 Å². The fourth-order valence-electron chi connectivity index (χ4n) is 6.76. The van der Waals surface area contributed by atoms with E-state index >= 15 is 8.78 Å². The number of likely N-dealkylation sites (tertiary alicyclic amines) is 1. The number of benzene rings is 2. The number of amides is 2. The van der Waals surface area contributed by atoms with E-state index in [1.807, 2.05) is 11.8 Å². The second-order valence-electron chi connectivity index (χ2n) is 13.6. The molecule has 1 saturated carbocycles. The number of nitrogens with zero attached hydrogens (tertiary/aromatic N) is 5. The lowest BCUT2D eigenvalue weighted by Crippen LogP contribution is -2.65. The highest BCUT2D eigenvalue weighted by molar-refractivity contribution is 6.24. The van der Waals surface area contributed by atoms with Gasteiger partial charge in [0.05, 0.1) is 34.6 Å². The number of aliphatic hydroxyl groups is 1. The minimum absolute atomic E-state index is 0.0509. The molecular formula is C35H34F8N6O5. The third-order valence-corrected chi connectivity index (χ3v) is 10.1. The van der Waals surface area contributed by atoms with E-state index in [4.69, 9.17) is 9.47 Å². The summed E-state index contributed by atoms with van der Waals surface area (Å²) in [6.45, 7) is 3.09. The Balaban J connectivity index is 1.26. The van der Waals surface area contributed by atoms with Gasteiger partial charge in [0.25, 0.3) is 11.8 Å². The lowest BCUT2D eigenvalue weighted by Gasteiger charge is -2.54. The van der Waals surface area contributed by atoms with E-state index in [1.165, 1.54) is 24.2 Å². The summed E-state index contributed by atoms with van der Waals surface area (Å²) in [4.78, 5) is 36.5. The van der Waals surface area contributed by atoms with E-state index in [-0.39, 0.29) is 36.4 Å².